The molecule has 0 unspecified atom stereocenters. The first kappa shape index (κ1) is 12.0. The number of nitrogens with one attached hydrogen (secondary N) is 1. The summed E-state index contributed by atoms with van der Waals surface area (Å²) in [4.78, 5) is 11.3. The molecule has 1 heterocycles. The van der Waals surface area contributed by atoms with Crippen LogP contribution in [0.2, 0.25) is 0 Å². The van der Waals surface area contributed by atoms with Crippen molar-refractivity contribution in [3.63, 3.8) is 0 Å². The minimum Gasteiger partial charge on any atom is -0.289 e. The van der Waals surface area contributed by atoms with Crippen molar-refractivity contribution in [3.05, 3.63) is 42.0 Å². The molecular weight excluding hydrogens is 230 g/mol. The summed E-state index contributed by atoms with van der Waals surface area (Å²) in [5.41, 5.74) is 2.91. The zero-order chi connectivity index (χ0) is 13.1. The van der Waals surface area contributed by atoms with Gasteiger partial charge in [0.1, 0.15) is 0 Å². The van der Waals surface area contributed by atoms with E-state index in [1.807, 2.05) is 32.0 Å². The molecule has 0 saturated carbocycles. The summed E-state index contributed by atoms with van der Waals surface area (Å²) >= 11 is 0. The highest BCUT2D eigenvalue weighted by Crippen LogP contribution is 2.20. The maximum atomic E-state index is 11.3. The molecule has 2 aromatic rings. The molecular formula is C12H13N5O. The highest BCUT2D eigenvalue weighted by atomic mass is 16.1. The van der Waals surface area contributed by atoms with Crippen LogP contribution in [0, 0.1) is 13.8 Å². The normalized spacial score (nSPS) is 10.1. The molecule has 0 aliphatic rings. The van der Waals surface area contributed by atoms with Crippen LogP contribution in [0.3, 0.4) is 0 Å². The van der Waals surface area contributed by atoms with Crippen molar-refractivity contribution >= 4 is 11.9 Å². The number of hydrogen-bond acceptors (Lipinski definition) is 4. The molecule has 18 heavy (non-hydrogen) atoms. The molecule has 0 saturated heterocycles. The van der Waals surface area contributed by atoms with E-state index in [4.69, 9.17) is 0 Å². The van der Waals surface area contributed by atoms with Crippen LogP contribution in [0.15, 0.2) is 30.9 Å². The number of nitrogens with zero attached hydrogens (tertiary/aromatic N) is 4. The van der Waals surface area contributed by atoms with Gasteiger partial charge in [0.15, 0.2) is 0 Å². The number of anilines is 1. The highest BCUT2D eigenvalue weighted by Gasteiger charge is 2.13. The van der Waals surface area contributed by atoms with Gasteiger partial charge in [-0.15, -0.1) is 0 Å². The van der Waals surface area contributed by atoms with E-state index in [-0.39, 0.29) is 11.9 Å². The summed E-state index contributed by atoms with van der Waals surface area (Å²) in [5.74, 6) is -0.0745. The van der Waals surface area contributed by atoms with Gasteiger partial charge in [0.25, 0.3) is 5.95 Å². The van der Waals surface area contributed by atoms with Crippen LogP contribution in [-0.4, -0.2) is 26.1 Å². The predicted octanol–water partition coefficient (Wildman–Crippen LogP) is 1.40. The van der Waals surface area contributed by atoms with Gasteiger partial charge in [-0.1, -0.05) is 29.9 Å². The Morgan fingerprint density at radius 3 is 2.67 bits per heavy atom. The van der Waals surface area contributed by atoms with E-state index in [0.29, 0.717) is 0 Å². The molecule has 1 aromatic carbocycles. The average Bonchev–Trinajstić information content (AvgIpc) is 2.77. The Labute approximate surface area is 104 Å². The standard InChI is InChI=1S/C12H13N5O/c1-4-10(18)13-12-14-15-16-17(12)11-8(2)6-5-7-9(11)3/h4-7H,1H2,2-3H3,(H,13,14,16,18). The molecule has 0 radical (unpaired) electrons. The molecule has 1 aromatic heterocycles. The number of tetrazole rings is 1. The molecule has 1 amide bonds. The number of carbonyl (C=O) groups is 1. The first-order chi connectivity index (χ1) is 8.63. The lowest BCUT2D eigenvalue weighted by atomic mass is 10.1. The van der Waals surface area contributed by atoms with Crippen molar-refractivity contribution in [2.75, 3.05) is 5.32 Å². The van der Waals surface area contributed by atoms with Crippen molar-refractivity contribution in [3.8, 4) is 5.69 Å². The van der Waals surface area contributed by atoms with Crippen molar-refractivity contribution in [1.29, 1.82) is 0 Å². The molecule has 0 bridgehead atoms. The largest absolute Gasteiger partial charge is 0.289 e. The Balaban J connectivity index is 2.49. The molecule has 0 aliphatic carbocycles. The van der Waals surface area contributed by atoms with Gasteiger partial charge in [-0.25, -0.2) is 0 Å². The van der Waals surface area contributed by atoms with E-state index in [1.54, 1.807) is 0 Å². The van der Waals surface area contributed by atoms with Gasteiger partial charge in [0.2, 0.25) is 5.91 Å². The van der Waals surface area contributed by atoms with Crippen molar-refractivity contribution in [1.82, 2.24) is 20.2 Å². The van der Waals surface area contributed by atoms with Crippen LogP contribution in [0.25, 0.3) is 5.69 Å². The van der Waals surface area contributed by atoms with Gasteiger partial charge < -0.3 is 0 Å². The summed E-state index contributed by atoms with van der Waals surface area (Å²) in [5, 5.41) is 13.8. The van der Waals surface area contributed by atoms with Gasteiger partial charge in [0.05, 0.1) is 5.69 Å². The molecule has 6 heteroatoms. The fourth-order valence-corrected chi connectivity index (χ4v) is 1.72. The van der Waals surface area contributed by atoms with Gasteiger partial charge in [-0.3, -0.25) is 10.1 Å². The van der Waals surface area contributed by atoms with Gasteiger partial charge in [0, 0.05) is 0 Å². The second-order valence-electron chi connectivity index (χ2n) is 3.85. The molecule has 6 nitrogen and oxygen atoms in total. The molecule has 0 spiro atoms. The van der Waals surface area contributed by atoms with Crippen LogP contribution in [-0.2, 0) is 4.79 Å². The van der Waals surface area contributed by atoms with Crippen molar-refractivity contribution in [2.45, 2.75) is 13.8 Å². The number of aromatic nitrogens is 4. The SMILES string of the molecule is C=CC(=O)Nc1nnnn1-c1c(C)cccc1C. The lowest BCUT2D eigenvalue weighted by Crippen LogP contribution is -2.14. The van der Waals surface area contributed by atoms with Crippen LogP contribution in [0.5, 0.6) is 0 Å². The number of rotatable bonds is 3. The van der Waals surface area contributed by atoms with Gasteiger partial charge >= 0.3 is 0 Å². The van der Waals surface area contributed by atoms with Gasteiger partial charge in [-0.2, -0.15) is 4.68 Å². The lowest BCUT2D eigenvalue weighted by molar-refractivity contribution is -0.111. The Morgan fingerprint density at radius 1 is 1.39 bits per heavy atom. The third-order valence-corrected chi connectivity index (χ3v) is 2.54. The van der Waals surface area contributed by atoms with Crippen molar-refractivity contribution < 1.29 is 4.79 Å². The quantitative estimate of drug-likeness (QED) is 0.827. The van der Waals surface area contributed by atoms with E-state index in [0.717, 1.165) is 16.8 Å². The number of benzene rings is 1. The number of carbonyl (C=O) groups excluding carboxylic acids is 1. The maximum Gasteiger partial charge on any atom is 0.254 e. The zero-order valence-electron chi connectivity index (χ0n) is 10.2. The smallest absolute Gasteiger partial charge is 0.254 e. The monoisotopic (exact) mass is 243 g/mol. The number of amides is 1. The Bertz CT molecular complexity index is 582. The first-order valence-corrected chi connectivity index (χ1v) is 5.42. The van der Waals surface area contributed by atoms with E-state index in [2.05, 4.69) is 27.4 Å². The van der Waals surface area contributed by atoms with Crippen molar-refractivity contribution in [2.24, 2.45) is 0 Å². The summed E-state index contributed by atoms with van der Waals surface area (Å²) in [7, 11) is 0. The maximum absolute atomic E-state index is 11.3. The average molecular weight is 243 g/mol. The Hall–Kier alpha value is -2.50. The zero-order valence-corrected chi connectivity index (χ0v) is 10.2. The second kappa shape index (κ2) is 4.79. The molecule has 1 N–H and O–H groups in total. The number of para-hydroxylation sites is 1. The molecule has 0 aliphatic heterocycles. The molecule has 0 fully saturated rings. The minimum atomic E-state index is -0.350. The summed E-state index contributed by atoms with van der Waals surface area (Å²) in [6.07, 6.45) is 1.17. The van der Waals surface area contributed by atoms with E-state index in [1.165, 1.54) is 10.8 Å². The summed E-state index contributed by atoms with van der Waals surface area (Å²) in [6.45, 7) is 7.31. The topological polar surface area (TPSA) is 72.7 Å². The van der Waals surface area contributed by atoms with Crippen LogP contribution in [0.4, 0.5) is 5.95 Å². The fraction of sp³-hybridized carbons (Fsp3) is 0.167. The Kier molecular flexibility index (Phi) is 3.18. The summed E-state index contributed by atoms with van der Waals surface area (Å²) < 4.78 is 1.51. The second-order valence-corrected chi connectivity index (χ2v) is 3.85. The number of hydrogen-bond donors (Lipinski definition) is 1. The van der Waals surface area contributed by atoms with Gasteiger partial charge in [-0.05, 0) is 41.5 Å². The summed E-state index contributed by atoms with van der Waals surface area (Å²) in [6, 6.07) is 5.88. The predicted molar refractivity (Wildman–Crippen MR) is 67.5 cm³/mol. The van der Waals surface area contributed by atoms with Crippen LogP contribution >= 0.6 is 0 Å². The van der Waals surface area contributed by atoms with Crippen LogP contribution in [0.1, 0.15) is 11.1 Å². The van der Waals surface area contributed by atoms with Crippen LogP contribution < -0.4 is 5.32 Å². The first-order valence-electron chi connectivity index (χ1n) is 5.42. The molecule has 92 valence electrons. The minimum absolute atomic E-state index is 0.275. The molecule has 0 atom stereocenters. The van der Waals surface area contributed by atoms with E-state index < -0.39 is 0 Å². The third kappa shape index (κ3) is 2.13. The third-order valence-electron chi connectivity index (χ3n) is 2.54. The molecule has 2 rings (SSSR count). The van der Waals surface area contributed by atoms with E-state index in [9.17, 15) is 4.79 Å². The van der Waals surface area contributed by atoms with E-state index >= 15 is 0 Å². The Morgan fingerprint density at radius 2 is 2.06 bits per heavy atom. The fourth-order valence-electron chi connectivity index (χ4n) is 1.72. The number of aryl methyl sites for hydroxylation is 2. The lowest BCUT2D eigenvalue weighted by Gasteiger charge is -2.10. The highest BCUT2D eigenvalue weighted by molar-refractivity contribution is 5.97.